The summed E-state index contributed by atoms with van der Waals surface area (Å²) in [5.41, 5.74) is -0.762. The van der Waals surface area contributed by atoms with Gasteiger partial charge in [0, 0.05) is 55.6 Å². The van der Waals surface area contributed by atoms with Gasteiger partial charge in [0.1, 0.15) is 24.0 Å². The molecular formula is C50H72INO14S. The van der Waals surface area contributed by atoms with Crippen LogP contribution in [0, 0.1) is 33.2 Å². The maximum Gasteiger partial charge on any atom is 0.329 e. The van der Waals surface area contributed by atoms with E-state index in [1.54, 1.807) is 32.1 Å². The molecule has 67 heavy (non-hydrogen) atoms. The second-order valence-electron chi connectivity index (χ2n) is 19.2. The average molecular weight is 1070 g/mol. The van der Waals surface area contributed by atoms with Gasteiger partial charge in [0.15, 0.2) is 11.9 Å². The monoisotopic (exact) mass is 1070 g/mol. The first kappa shape index (κ1) is 55.1. The van der Waals surface area contributed by atoms with Gasteiger partial charge in [-0.2, -0.15) is 8.42 Å². The Morgan fingerprint density at radius 3 is 2.28 bits per heavy atom. The molecule has 3 aliphatic heterocycles. The summed E-state index contributed by atoms with van der Waals surface area (Å²) in [6, 6.07) is 5.19. The van der Waals surface area contributed by atoms with Crippen LogP contribution in [0.4, 0.5) is 0 Å². The molecular weight excluding hydrogens is 998 g/mol. The number of ketones is 2. The molecule has 17 heteroatoms. The van der Waals surface area contributed by atoms with Crippen molar-refractivity contribution in [1.82, 2.24) is 4.90 Å². The SMILES string of the molecule is C=CCC1C=C(C)CC(C)CC(OC)C2CC(O)(C(=O)C(=O)N3CCCCC3C(=O)OC(C(C)=CC3CCC(OS(=O)(=O)c4ccc(I)cc4)C(OC)C3)C(C)C(O)CC1=O)C(C)OC2OC. The number of allylic oxidation sites excluding steroid dienone is 4. The molecule has 0 aromatic heterocycles. The van der Waals surface area contributed by atoms with Crippen molar-refractivity contribution in [2.24, 2.45) is 29.6 Å². The van der Waals surface area contributed by atoms with Crippen LogP contribution in [0.15, 0.2) is 65.1 Å². The van der Waals surface area contributed by atoms with Crippen LogP contribution in [-0.4, -0.2) is 129 Å². The number of hydrogen-bond acceptors (Lipinski definition) is 14. The third-order valence-electron chi connectivity index (χ3n) is 14.3. The number of rotatable bonds is 10. The van der Waals surface area contributed by atoms with E-state index in [0.29, 0.717) is 56.9 Å². The third kappa shape index (κ3) is 13.5. The summed E-state index contributed by atoms with van der Waals surface area (Å²) in [7, 11) is 0.418. The Morgan fingerprint density at radius 1 is 0.955 bits per heavy atom. The lowest BCUT2D eigenvalue weighted by molar-refractivity contribution is -0.274. The fourth-order valence-corrected chi connectivity index (χ4v) is 11.9. The summed E-state index contributed by atoms with van der Waals surface area (Å²) in [4.78, 5) is 58.6. The Morgan fingerprint density at radius 2 is 1.64 bits per heavy atom. The molecule has 2 N–H and O–H groups in total. The van der Waals surface area contributed by atoms with E-state index in [0.717, 1.165) is 9.14 Å². The molecule has 2 bridgehead atoms. The summed E-state index contributed by atoms with van der Waals surface area (Å²) < 4.78 is 63.1. The molecule has 3 fully saturated rings. The number of aliphatic hydroxyl groups excluding tert-OH is 1. The highest BCUT2D eigenvalue weighted by Gasteiger charge is 2.56. The number of carbonyl (C=O) groups is 4. The van der Waals surface area contributed by atoms with Crippen LogP contribution in [0.25, 0.3) is 0 Å². The number of nitrogens with zero attached hydrogens (tertiary/aromatic N) is 1. The fraction of sp³-hybridized carbons (Fsp3) is 0.680. The minimum Gasteiger partial charge on any atom is -0.456 e. The maximum atomic E-state index is 14.5. The van der Waals surface area contributed by atoms with E-state index in [-0.39, 0.29) is 48.3 Å². The van der Waals surface area contributed by atoms with Crippen molar-refractivity contribution in [3.63, 3.8) is 0 Å². The molecule has 3 heterocycles. The lowest BCUT2D eigenvalue weighted by Crippen LogP contribution is -2.64. The van der Waals surface area contributed by atoms with Gasteiger partial charge in [-0.1, -0.05) is 37.6 Å². The second kappa shape index (κ2) is 24.3. The Balaban J connectivity index is 1.49. The number of piperidine rings is 1. The van der Waals surface area contributed by atoms with Crippen molar-refractivity contribution in [3.05, 3.63) is 63.8 Å². The van der Waals surface area contributed by atoms with Crippen molar-refractivity contribution < 1.29 is 65.7 Å². The van der Waals surface area contributed by atoms with E-state index in [9.17, 15) is 37.8 Å². The Labute approximate surface area is 410 Å². The zero-order valence-electron chi connectivity index (χ0n) is 40.3. The summed E-state index contributed by atoms with van der Waals surface area (Å²) in [5, 5.41) is 24.1. The second-order valence-corrected chi connectivity index (χ2v) is 22.0. The van der Waals surface area contributed by atoms with Crippen molar-refractivity contribution in [3.8, 4) is 0 Å². The number of fused-ring (bicyclic) bond motifs is 3. The van der Waals surface area contributed by atoms with Crippen LogP contribution >= 0.6 is 22.6 Å². The van der Waals surface area contributed by atoms with Crippen LogP contribution in [-0.2, 0) is 57.2 Å². The zero-order valence-corrected chi connectivity index (χ0v) is 43.2. The molecule has 1 aromatic rings. The molecule has 0 spiro atoms. The number of carbonyl (C=O) groups excluding carboxylic acids is 4. The summed E-state index contributed by atoms with van der Waals surface area (Å²) >= 11 is 2.10. The van der Waals surface area contributed by atoms with Crippen LogP contribution < -0.4 is 0 Å². The number of ether oxygens (including phenoxy) is 5. The number of hydrogen-bond donors (Lipinski definition) is 2. The third-order valence-corrected chi connectivity index (χ3v) is 16.3. The molecule has 1 saturated carbocycles. The van der Waals surface area contributed by atoms with Gasteiger partial charge in [-0.15, -0.1) is 6.58 Å². The molecule has 374 valence electrons. The standard InChI is InChI=1S/C50H72INO14S/c1-10-13-35-23-29(2)22-30(3)24-43(61-7)38-28-50(58,33(6)64-49(38)63-9)46(55)47(56)52-21-12-11-14-39(52)48(57)65-45(32(5)40(53)27-41(35)54)31(4)25-34-15-20-42(44(26-34)62-8)66-67(59,60)37-18-16-36(51)17-19-37/h10,16-19,23,25,30,32-35,38-40,42-45,49,53,58H,1,11-15,20-22,24,26-28H2,2-9H3. The van der Waals surface area contributed by atoms with Gasteiger partial charge in [-0.05, 0) is 149 Å². The van der Waals surface area contributed by atoms with Crippen molar-refractivity contribution >= 4 is 56.2 Å². The van der Waals surface area contributed by atoms with Gasteiger partial charge in [0.2, 0.25) is 0 Å². The van der Waals surface area contributed by atoms with Crippen molar-refractivity contribution in [2.75, 3.05) is 27.9 Å². The molecule has 1 aliphatic carbocycles. The number of halogens is 1. The van der Waals surface area contributed by atoms with Gasteiger partial charge in [0.25, 0.3) is 21.8 Å². The minimum atomic E-state index is -4.09. The maximum absolute atomic E-state index is 14.5. The summed E-state index contributed by atoms with van der Waals surface area (Å²) in [6.45, 7) is 12.9. The van der Waals surface area contributed by atoms with E-state index in [2.05, 4.69) is 29.2 Å². The van der Waals surface area contributed by atoms with E-state index in [4.69, 9.17) is 27.9 Å². The summed E-state index contributed by atoms with van der Waals surface area (Å²) in [6.07, 6.45) is 2.68. The largest absolute Gasteiger partial charge is 0.456 e. The molecule has 15 nitrogen and oxygen atoms in total. The van der Waals surface area contributed by atoms with Gasteiger partial charge in [-0.3, -0.25) is 18.6 Å². The predicted molar refractivity (Wildman–Crippen MR) is 258 cm³/mol. The number of aliphatic hydroxyl groups is 2. The Kier molecular flexibility index (Phi) is 20.0. The first-order valence-corrected chi connectivity index (χ1v) is 26.0. The van der Waals surface area contributed by atoms with E-state index >= 15 is 0 Å². The fourth-order valence-electron chi connectivity index (χ4n) is 10.4. The molecule has 5 rings (SSSR count). The van der Waals surface area contributed by atoms with Crippen molar-refractivity contribution in [2.45, 2.75) is 165 Å². The first-order valence-electron chi connectivity index (χ1n) is 23.6. The van der Waals surface area contributed by atoms with Crippen LogP contribution in [0.3, 0.4) is 0 Å². The number of cyclic esters (lactones) is 1. The predicted octanol–water partition coefficient (Wildman–Crippen LogP) is 6.66. The number of esters is 1. The van der Waals surface area contributed by atoms with Crippen LogP contribution in [0.1, 0.15) is 105 Å². The minimum absolute atomic E-state index is 0.00341. The Hall–Kier alpha value is -2.88. The van der Waals surface area contributed by atoms with E-state index < -0.39 is 100 Å². The number of benzene rings is 1. The van der Waals surface area contributed by atoms with Gasteiger partial charge < -0.3 is 38.8 Å². The summed E-state index contributed by atoms with van der Waals surface area (Å²) in [5.74, 6) is -5.38. The average Bonchev–Trinajstić information content (AvgIpc) is 3.29. The Bertz CT molecular complexity index is 2080. The molecule has 14 unspecified atom stereocenters. The normalized spacial score (nSPS) is 36.0. The van der Waals surface area contributed by atoms with Crippen molar-refractivity contribution in [1.29, 1.82) is 0 Å². The van der Waals surface area contributed by atoms with Gasteiger partial charge in [0.05, 0.1) is 29.3 Å². The number of methoxy groups -OCH3 is 3. The molecule has 4 aliphatic rings. The molecule has 14 atom stereocenters. The van der Waals surface area contributed by atoms with Crippen LogP contribution in [0.5, 0.6) is 0 Å². The quantitative estimate of drug-likeness (QED) is 0.0829. The molecule has 0 radical (unpaired) electrons. The first-order chi connectivity index (χ1) is 31.7. The van der Waals surface area contributed by atoms with Crippen LogP contribution in [0.2, 0.25) is 0 Å². The highest BCUT2D eigenvalue weighted by molar-refractivity contribution is 14.1. The number of Topliss-reactive ketones (excluding diaryl/α,β-unsaturated/α-hetero) is 2. The van der Waals surface area contributed by atoms with Gasteiger partial charge >= 0.3 is 5.97 Å². The molecule has 2 saturated heterocycles. The number of amides is 1. The topological polar surface area (TPSA) is 201 Å². The zero-order chi connectivity index (χ0) is 49.4. The highest BCUT2D eigenvalue weighted by atomic mass is 127. The van der Waals surface area contributed by atoms with Gasteiger partial charge in [-0.25, -0.2) is 4.79 Å². The smallest absolute Gasteiger partial charge is 0.329 e. The lowest BCUT2D eigenvalue weighted by Gasteiger charge is -2.47. The molecule has 1 amide bonds. The molecule has 1 aromatic carbocycles. The van der Waals surface area contributed by atoms with E-state index in [1.165, 1.54) is 45.3 Å². The lowest BCUT2D eigenvalue weighted by atomic mass is 9.75. The highest BCUT2D eigenvalue weighted by Crippen LogP contribution is 2.40. The van der Waals surface area contributed by atoms with E-state index in [1.807, 2.05) is 26.0 Å².